The van der Waals surface area contributed by atoms with Gasteiger partial charge in [0.25, 0.3) is 0 Å². The highest BCUT2D eigenvalue weighted by Crippen LogP contribution is 2.01. The van der Waals surface area contributed by atoms with Crippen LogP contribution in [0.3, 0.4) is 0 Å². The lowest BCUT2D eigenvalue weighted by molar-refractivity contribution is 0.627. The van der Waals surface area contributed by atoms with E-state index in [0.717, 1.165) is 0 Å². The minimum atomic E-state index is -0.368. The Hall–Kier alpha value is -0.800. The average Bonchev–Trinajstić information content (AvgIpc) is 1.88. The molecule has 0 bridgehead atoms. The largest absolute Gasteiger partial charge is 0.384 e. The maximum Gasteiger partial charge on any atom is 0.123 e. The third kappa shape index (κ3) is 3.55. The van der Waals surface area contributed by atoms with Gasteiger partial charge in [-0.15, -0.1) is 24.8 Å². The van der Waals surface area contributed by atoms with Crippen LogP contribution >= 0.6 is 24.8 Å². The molecule has 3 N–H and O–H groups in total. The fourth-order valence-electron chi connectivity index (χ4n) is 0.656. The molecule has 0 aliphatic carbocycles. The summed E-state index contributed by atoms with van der Waals surface area (Å²) in [5.74, 6) is -0.479. The average molecular weight is 211 g/mol. The number of halogens is 3. The molecule has 1 aromatic carbocycles. The van der Waals surface area contributed by atoms with Crippen LogP contribution in [0, 0.1) is 11.2 Å². The number of hydrogen-bond donors (Lipinski definition) is 2. The summed E-state index contributed by atoms with van der Waals surface area (Å²) in [6.07, 6.45) is 0. The highest BCUT2D eigenvalue weighted by atomic mass is 35.5. The van der Waals surface area contributed by atoms with E-state index in [1.807, 2.05) is 0 Å². The Bertz CT molecular complexity index is 265. The van der Waals surface area contributed by atoms with Gasteiger partial charge in [-0.3, -0.25) is 5.41 Å². The van der Waals surface area contributed by atoms with E-state index in [2.05, 4.69) is 0 Å². The van der Waals surface area contributed by atoms with Crippen LogP contribution in [0.1, 0.15) is 5.56 Å². The summed E-state index contributed by atoms with van der Waals surface area (Å²) < 4.78 is 12.4. The van der Waals surface area contributed by atoms with Gasteiger partial charge in [0.15, 0.2) is 0 Å². The van der Waals surface area contributed by atoms with Gasteiger partial charge in [-0.05, 0) is 12.1 Å². The second-order valence-electron chi connectivity index (χ2n) is 1.92. The Morgan fingerprint density at radius 2 is 1.92 bits per heavy atom. The number of nitrogen functional groups attached to an aromatic ring is 1. The van der Waals surface area contributed by atoms with Crippen LogP contribution in [0.2, 0.25) is 0 Å². The van der Waals surface area contributed by atoms with Gasteiger partial charge in [0, 0.05) is 5.56 Å². The van der Waals surface area contributed by atoms with Gasteiger partial charge in [0.2, 0.25) is 0 Å². The second kappa shape index (κ2) is 5.80. The molecule has 0 saturated heterocycles. The topological polar surface area (TPSA) is 49.9 Å². The first kappa shape index (κ1) is 13.8. The fourth-order valence-corrected chi connectivity index (χ4v) is 0.656. The molecule has 68 valence electrons. The molecule has 0 amide bonds. The molecule has 1 aromatic rings. The van der Waals surface area contributed by atoms with Crippen molar-refractivity contribution in [2.75, 3.05) is 0 Å². The van der Waals surface area contributed by atoms with Crippen molar-refractivity contribution in [1.29, 1.82) is 5.41 Å². The predicted molar refractivity (Wildman–Crippen MR) is 51.9 cm³/mol. The van der Waals surface area contributed by atoms with Crippen LogP contribution < -0.4 is 5.73 Å². The van der Waals surface area contributed by atoms with Crippen molar-refractivity contribution >= 4 is 30.6 Å². The van der Waals surface area contributed by atoms with Crippen molar-refractivity contribution in [2.45, 2.75) is 0 Å². The number of benzene rings is 1. The molecule has 1 rings (SSSR count). The smallest absolute Gasteiger partial charge is 0.123 e. The highest BCUT2D eigenvalue weighted by Gasteiger charge is 1.95. The molecule has 0 unspecified atom stereocenters. The van der Waals surface area contributed by atoms with Gasteiger partial charge in [0.1, 0.15) is 11.7 Å². The molecule has 0 saturated carbocycles. The summed E-state index contributed by atoms with van der Waals surface area (Å²) in [7, 11) is 0. The van der Waals surface area contributed by atoms with Crippen molar-refractivity contribution in [3.05, 3.63) is 35.6 Å². The predicted octanol–water partition coefficient (Wildman–Crippen LogP) is 1.95. The van der Waals surface area contributed by atoms with Crippen LogP contribution in [0.25, 0.3) is 0 Å². The number of nitrogens with two attached hydrogens (primary N) is 1. The standard InChI is InChI=1S/C7H7FN2.2ClH/c8-6-3-1-2-5(4-6)7(9)10;;/h1-4H,(H3,9,10);2*1H. The fraction of sp³-hybridized carbons (Fsp3) is 0. The van der Waals surface area contributed by atoms with E-state index >= 15 is 0 Å². The van der Waals surface area contributed by atoms with Crippen LogP contribution in [0.5, 0.6) is 0 Å². The van der Waals surface area contributed by atoms with E-state index in [4.69, 9.17) is 11.1 Å². The monoisotopic (exact) mass is 210 g/mol. The summed E-state index contributed by atoms with van der Waals surface area (Å²) in [6, 6.07) is 5.65. The summed E-state index contributed by atoms with van der Waals surface area (Å²) in [5, 5.41) is 6.94. The first-order valence-electron chi connectivity index (χ1n) is 2.80. The molecule has 0 fully saturated rings. The van der Waals surface area contributed by atoms with E-state index in [1.165, 1.54) is 18.2 Å². The molecule has 0 radical (unpaired) electrons. The molecular formula is C7H9Cl2FN2. The Morgan fingerprint density at radius 3 is 2.25 bits per heavy atom. The van der Waals surface area contributed by atoms with Crippen LogP contribution in [-0.4, -0.2) is 5.84 Å². The lowest BCUT2D eigenvalue weighted by Gasteiger charge is -1.95. The third-order valence-corrected chi connectivity index (χ3v) is 1.14. The van der Waals surface area contributed by atoms with E-state index in [-0.39, 0.29) is 36.5 Å². The SMILES string of the molecule is Cl.Cl.N=C(N)c1cccc(F)c1. The molecule has 2 nitrogen and oxygen atoms in total. The van der Waals surface area contributed by atoms with E-state index < -0.39 is 0 Å². The Labute approximate surface area is 82.3 Å². The van der Waals surface area contributed by atoms with Crippen molar-refractivity contribution in [3.8, 4) is 0 Å². The zero-order valence-corrected chi connectivity index (χ0v) is 7.71. The number of hydrogen-bond acceptors (Lipinski definition) is 1. The molecule has 0 aliphatic heterocycles. The zero-order chi connectivity index (χ0) is 7.56. The minimum absolute atomic E-state index is 0. The molecule has 5 heteroatoms. The Kier molecular flexibility index (Phi) is 6.65. The van der Waals surface area contributed by atoms with Gasteiger partial charge in [-0.25, -0.2) is 4.39 Å². The number of nitrogens with one attached hydrogen (secondary N) is 1. The summed E-state index contributed by atoms with van der Waals surface area (Å²) in [5.41, 5.74) is 5.52. The van der Waals surface area contributed by atoms with Crippen LogP contribution in [0.4, 0.5) is 4.39 Å². The number of amidine groups is 1. The molecule has 12 heavy (non-hydrogen) atoms. The van der Waals surface area contributed by atoms with Crippen LogP contribution in [0.15, 0.2) is 24.3 Å². The highest BCUT2D eigenvalue weighted by molar-refractivity contribution is 5.94. The van der Waals surface area contributed by atoms with Gasteiger partial charge in [-0.1, -0.05) is 12.1 Å². The Morgan fingerprint density at radius 1 is 1.33 bits per heavy atom. The lowest BCUT2D eigenvalue weighted by atomic mass is 10.2. The maximum absolute atomic E-state index is 12.4. The van der Waals surface area contributed by atoms with Crippen molar-refractivity contribution in [3.63, 3.8) is 0 Å². The molecule has 0 aliphatic rings. The van der Waals surface area contributed by atoms with E-state index in [0.29, 0.717) is 5.56 Å². The van der Waals surface area contributed by atoms with E-state index in [9.17, 15) is 4.39 Å². The molecule has 0 atom stereocenters. The summed E-state index contributed by atoms with van der Waals surface area (Å²) >= 11 is 0. The lowest BCUT2D eigenvalue weighted by Crippen LogP contribution is -2.10. The first-order chi connectivity index (χ1) is 4.70. The van der Waals surface area contributed by atoms with Gasteiger partial charge in [-0.2, -0.15) is 0 Å². The van der Waals surface area contributed by atoms with Gasteiger partial charge < -0.3 is 5.73 Å². The first-order valence-corrected chi connectivity index (χ1v) is 2.80. The molecule has 0 spiro atoms. The summed E-state index contributed by atoms with van der Waals surface area (Å²) in [4.78, 5) is 0. The second-order valence-corrected chi connectivity index (χ2v) is 1.92. The van der Waals surface area contributed by atoms with Crippen molar-refractivity contribution in [2.24, 2.45) is 5.73 Å². The number of rotatable bonds is 1. The van der Waals surface area contributed by atoms with Crippen molar-refractivity contribution < 1.29 is 4.39 Å². The maximum atomic E-state index is 12.4. The van der Waals surface area contributed by atoms with Gasteiger partial charge >= 0.3 is 0 Å². The van der Waals surface area contributed by atoms with E-state index in [1.54, 1.807) is 6.07 Å². The van der Waals surface area contributed by atoms with Crippen molar-refractivity contribution in [1.82, 2.24) is 0 Å². The van der Waals surface area contributed by atoms with Gasteiger partial charge in [0.05, 0.1) is 0 Å². The molecular weight excluding hydrogens is 202 g/mol. The third-order valence-electron chi connectivity index (χ3n) is 1.14. The zero-order valence-electron chi connectivity index (χ0n) is 6.08. The summed E-state index contributed by atoms with van der Waals surface area (Å²) in [6.45, 7) is 0. The Balaban J connectivity index is 0. The normalized spacial score (nSPS) is 7.75. The quantitative estimate of drug-likeness (QED) is 0.541. The molecule has 0 aromatic heterocycles. The molecule has 0 heterocycles. The minimum Gasteiger partial charge on any atom is -0.384 e. The van der Waals surface area contributed by atoms with Crippen LogP contribution in [-0.2, 0) is 0 Å².